The van der Waals surface area contributed by atoms with E-state index in [-0.39, 0.29) is 29.0 Å². The molecule has 0 radical (unpaired) electrons. The second-order valence-corrected chi connectivity index (χ2v) is 8.67. The van der Waals surface area contributed by atoms with Gasteiger partial charge in [0.1, 0.15) is 5.69 Å². The average molecular weight is 439 g/mol. The van der Waals surface area contributed by atoms with Crippen LogP contribution in [0.2, 0.25) is 5.02 Å². The zero-order valence-electron chi connectivity index (χ0n) is 16.4. The molecule has 1 aromatic heterocycles. The van der Waals surface area contributed by atoms with E-state index in [1.807, 2.05) is 6.92 Å². The molecular weight excluding hydrogens is 417 g/mol. The van der Waals surface area contributed by atoms with Gasteiger partial charge in [-0.25, -0.2) is 4.98 Å². The minimum Gasteiger partial charge on any atom is -0.476 e. The van der Waals surface area contributed by atoms with Crippen molar-refractivity contribution in [1.82, 2.24) is 4.98 Å². The number of halogens is 4. The molecule has 1 spiro atoms. The molecule has 1 amide bonds. The van der Waals surface area contributed by atoms with Crippen molar-refractivity contribution in [2.24, 2.45) is 11.8 Å². The Morgan fingerprint density at radius 3 is 2.50 bits per heavy atom. The van der Waals surface area contributed by atoms with E-state index in [1.165, 1.54) is 6.07 Å². The maximum atomic E-state index is 12.9. The Bertz CT molecular complexity index is 938. The van der Waals surface area contributed by atoms with E-state index < -0.39 is 11.9 Å². The first-order chi connectivity index (χ1) is 14.2. The fourth-order valence-electron chi connectivity index (χ4n) is 4.51. The number of carbonyl (C=O) groups is 1. The predicted molar refractivity (Wildman–Crippen MR) is 108 cm³/mol. The first kappa shape index (κ1) is 21.0. The van der Waals surface area contributed by atoms with Gasteiger partial charge in [0.25, 0.3) is 0 Å². The molecule has 1 aromatic carbocycles. The molecule has 0 saturated heterocycles. The summed E-state index contributed by atoms with van der Waals surface area (Å²) >= 11 is 5.88. The lowest BCUT2D eigenvalue weighted by Crippen LogP contribution is -2.37. The van der Waals surface area contributed by atoms with Crippen molar-refractivity contribution >= 4 is 23.2 Å². The van der Waals surface area contributed by atoms with Crippen LogP contribution >= 0.6 is 11.6 Å². The van der Waals surface area contributed by atoms with Crippen molar-refractivity contribution in [1.29, 1.82) is 0 Å². The van der Waals surface area contributed by atoms with Crippen LogP contribution in [0.15, 0.2) is 36.4 Å². The van der Waals surface area contributed by atoms with Crippen LogP contribution in [0.3, 0.4) is 0 Å². The van der Waals surface area contributed by atoms with Gasteiger partial charge in [0.2, 0.25) is 11.8 Å². The van der Waals surface area contributed by atoms with Crippen molar-refractivity contribution in [2.45, 2.75) is 44.2 Å². The van der Waals surface area contributed by atoms with Gasteiger partial charge in [0, 0.05) is 27.6 Å². The van der Waals surface area contributed by atoms with Gasteiger partial charge in [-0.05, 0) is 61.9 Å². The van der Waals surface area contributed by atoms with E-state index in [1.54, 1.807) is 24.3 Å². The van der Waals surface area contributed by atoms with Gasteiger partial charge in [-0.3, -0.25) is 4.79 Å². The third-order valence-electron chi connectivity index (χ3n) is 6.43. The van der Waals surface area contributed by atoms with Crippen molar-refractivity contribution in [3.63, 3.8) is 0 Å². The number of anilines is 1. The summed E-state index contributed by atoms with van der Waals surface area (Å²) in [4.78, 5) is 16.3. The van der Waals surface area contributed by atoms with E-state index in [0.29, 0.717) is 17.3 Å². The Morgan fingerprint density at radius 2 is 1.87 bits per heavy atom. The smallest absolute Gasteiger partial charge is 0.433 e. The fraction of sp³-hybridized carbons (Fsp3) is 0.455. The molecule has 1 aliphatic heterocycles. The molecule has 2 aromatic rings. The van der Waals surface area contributed by atoms with Gasteiger partial charge in [0.15, 0.2) is 0 Å². The van der Waals surface area contributed by atoms with Gasteiger partial charge < -0.3 is 10.1 Å². The van der Waals surface area contributed by atoms with E-state index in [4.69, 9.17) is 16.3 Å². The molecule has 0 bridgehead atoms. The summed E-state index contributed by atoms with van der Waals surface area (Å²) in [6, 6.07) is 9.51. The molecule has 1 saturated carbocycles. The maximum Gasteiger partial charge on any atom is 0.433 e. The lowest BCUT2D eigenvalue weighted by atomic mass is 9.66. The van der Waals surface area contributed by atoms with Crippen molar-refractivity contribution in [3.05, 3.63) is 52.7 Å². The van der Waals surface area contributed by atoms with E-state index >= 15 is 0 Å². The normalized spacial score (nSPS) is 24.2. The highest BCUT2D eigenvalue weighted by Gasteiger charge is 2.46. The number of hydrogen-bond donors (Lipinski definition) is 1. The van der Waals surface area contributed by atoms with Crippen LogP contribution in [0.4, 0.5) is 18.9 Å². The highest BCUT2D eigenvalue weighted by Crippen LogP contribution is 2.50. The van der Waals surface area contributed by atoms with Crippen LogP contribution in [-0.2, 0) is 16.4 Å². The fourth-order valence-corrected chi connectivity index (χ4v) is 4.63. The average Bonchev–Trinajstić information content (AvgIpc) is 3.07. The van der Waals surface area contributed by atoms with Crippen LogP contribution < -0.4 is 10.1 Å². The molecule has 1 atom stereocenters. The summed E-state index contributed by atoms with van der Waals surface area (Å²) < 4.78 is 44.3. The van der Waals surface area contributed by atoms with E-state index in [9.17, 15) is 18.0 Å². The van der Waals surface area contributed by atoms with Crippen LogP contribution in [-0.4, -0.2) is 17.5 Å². The Hall–Kier alpha value is -2.28. The summed E-state index contributed by atoms with van der Waals surface area (Å²) in [5.41, 5.74) is 0.217. The largest absolute Gasteiger partial charge is 0.476 e. The van der Waals surface area contributed by atoms with Crippen molar-refractivity contribution in [2.75, 3.05) is 11.9 Å². The number of ether oxygens (including phenoxy) is 1. The molecule has 30 heavy (non-hydrogen) atoms. The predicted octanol–water partition coefficient (Wildman–Crippen LogP) is 5.85. The van der Waals surface area contributed by atoms with Crippen LogP contribution in [0.1, 0.15) is 43.9 Å². The van der Waals surface area contributed by atoms with E-state index in [0.717, 1.165) is 37.3 Å². The summed E-state index contributed by atoms with van der Waals surface area (Å²) in [5, 5.41) is 3.53. The zero-order chi connectivity index (χ0) is 21.5. The molecule has 2 aliphatic rings. The Morgan fingerprint density at radius 1 is 1.20 bits per heavy atom. The molecule has 4 nitrogen and oxygen atoms in total. The molecule has 8 heteroatoms. The Labute approximate surface area is 177 Å². The molecule has 2 heterocycles. The molecule has 1 aliphatic carbocycles. The number of rotatable bonds is 3. The van der Waals surface area contributed by atoms with Gasteiger partial charge in [-0.1, -0.05) is 24.6 Å². The number of alkyl halides is 3. The monoisotopic (exact) mass is 438 g/mol. The molecular formula is C22H22ClF3N2O2. The number of benzene rings is 1. The number of nitrogens with one attached hydrogen (secondary N) is 1. The molecule has 1 fully saturated rings. The standard InChI is InChI=1S/C22H22ClF3N2O2/c1-13(19(29)27-16-4-2-15(23)3-5-16)14-8-10-21(11-9-14)12-30-20-17(21)6-7-18(28-20)22(24,25)26/h2-7,13-14H,8-12H2,1H3,(H,27,29)/t13-,14?,21?/m0/s1. The number of pyridine rings is 1. The first-order valence-corrected chi connectivity index (χ1v) is 10.3. The third kappa shape index (κ3) is 4.00. The number of carbonyl (C=O) groups excluding carboxylic acids is 1. The molecule has 160 valence electrons. The van der Waals surface area contributed by atoms with Crippen molar-refractivity contribution < 1.29 is 22.7 Å². The van der Waals surface area contributed by atoms with Crippen molar-refractivity contribution in [3.8, 4) is 5.88 Å². The minimum atomic E-state index is -4.49. The zero-order valence-corrected chi connectivity index (χ0v) is 17.2. The minimum absolute atomic E-state index is 0.0437. The Balaban J connectivity index is 1.41. The second kappa shape index (κ2) is 7.76. The van der Waals surface area contributed by atoms with Gasteiger partial charge >= 0.3 is 6.18 Å². The number of fused-ring (bicyclic) bond motifs is 2. The van der Waals surface area contributed by atoms with Crippen LogP contribution in [0.5, 0.6) is 5.88 Å². The molecule has 4 rings (SSSR count). The lowest BCUT2D eigenvalue weighted by molar-refractivity contribution is -0.141. The summed E-state index contributed by atoms with van der Waals surface area (Å²) in [6.07, 6.45) is -1.36. The summed E-state index contributed by atoms with van der Waals surface area (Å²) in [6.45, 7) is 2.26. The summed E-state index contributed by atoms with van der Waals surface area (Å²) in [7, 11) is 0. The quantitative estimate of drug-likeness (QED) is 0.654. The van der Waals surface area contributed by atoms with Gasteiger partial charge in [0.05, 0.1) is 6.61 Å². The third-order valence-corrected chi connectivity index (χ3v) is 6.68. The second-order valence-electron chi connectivity index (χ2n) is 8.24. The highest BCUT2D eigenvalue weighted by molar-refractivity contribution is 6.30. The first-order valence-electron chi connectivity index (χ1n) is 9.96. The van der Waals surface area contributed by atoms with Crippen LogP contribution in [0.25, 0.3) is 0 Å². The number of amides is 1. The lowest BCUT2D eigenvalue weighted by Gasteiger charge is -2.38. The molecule has 1 N–H and O–H groups in total. The number of aromatic nitrogens is 1. The van der Waals surface area contributed by atoms with Gasteiger partial charge in [-0.15, -0.1) is 0 Å². The number of hydrogen-bond acceptors (Lipinski definition) is 3. The van der Waals surface area contributed by atoms with Crippen LogP contribution in [0, 0.1) is 11.8 Å². The van der Waals surface area contributed by atoms with Gasteiger partial charge in [-0.2, -0.15) is 13.2 Å². The highest BCUT2D eigenvalue weighted by atomic mass is 35.5. The maximum absolute atomic E-state index is 12.9. The topological polar surface area (TPSA) is 51.2 Å². The number of nitrogens with zero attached hydrogens (tertiary/aromatic N) is 1. The molecule has 0 unspecified atom stereocenters. The SMILES string of the molecule is C[C@H](C(=O)Nc1ccc(Cl)cc1)C1CCC2(CC1)COc1nc(C(F)(F)F)ccc12. The summed E-state index contributed by atoms with van der Waals surface area (Å²) in [5.74, 6) is 0.0783. The Kier molecular flexibility index (Phi) is 5.43. The van der Waals surface area contributed by atoms with E-state index in [2.05, 4.69) is 10.3 Å².